The van der Waals surface area contributed by atoms with Crippen LogP contribution in [-0.2, 0) is 13.7 Å². The van der Waals surface area contributed by atoms with Gasteiger partial charge in [-0.25, -0.2) is 0 Å². The maximum absolute atomic E-state index is 9.56. The van der Waals surface area contributed by atoms with Gasteiger partial charge in [0, 0.05) is 25.7 Å². The van der Waals surface area contributed by atoms with Crippen molar-refractivity contribution >= 4 is 5.82 Å². The SMILES string of the molecule is CCC1(CC)CCN(c2c(CO)c(C)nn2C)CC1. The zero-order valence-electron chi connectivity index (χ0n) is 12.7. The number of aryl methyl sites for hydroxylation is 2. The second kappa shape index (κ2) is 5.53. The topological polar surface area (TPSA) is 41.3 Å². The van der Waals surface area contributed by atoms with E-state index in [2.05, 4.69) is 23.8 Å². The molecule has 1 fully saturated rings. The minimum absolute atomic E-state index is 0.0816. The Kier molecular flexibility index (Phi) is 4.19. The Morgan fingerprint density at radius 3 is 2.26 bits per heavy atom. The van der Waals surface area contributed by atoms with Gasteiger partial charge in [-0.05, 0) is 25.2 Å². The van der Waals surface area contributed by atoms with Crippen LogP contribution in [0.4, 0.5) is 5.82 Å². The Labute approximate surface area is 116 Å². The standard InChI is InChI=1S/C15H27N3O/c1-5-15(6-2)7-9-18(10-8-15)14-13(11-19)12(3)16-17(14)4/h19H,5-11H2,1-4H3. The van der Waals surface area contributed by atoms with Crippen molar-refractivity contribution in [3.8, 4) is 0 Å². The number of hydrogen-bond donors (Lipinski definition) is 1. The highest BCUT2D eigenvalue weighted by Crippen LogP contribution is 2.39. The van der Waals surface area contributed by atoms with Gasteiger partial charge in [-0.1, -0.05) is 26.7 Å². The first-order valence-electron chi connectivity index (χ1n) is 7.45. The summed E-state index contributed by atoms with van der Waals surface area (Å²) in [5, 5.41) is 14.0. The maximum atomic E-state index is 9.56. The fourth-order valence-corrected chi connectivity index (χ4v) is 3.42. The minimum atomic E-state index is 0.0816. The lowest BCUT2D eigenvalue weighted by Crippen LogP contribution is -2.40. The lowest BCUT2D eigenvalue weighted by Gasteiger charge is -2.42. The van der Waals surface area contributed by atoms with E-state index in [0.717, 1.165) is 30.2 Å². The molecule has 0 aromatic carbocycles. The normalized spacial score (nSPS) is 18.9. The highest BCUT2D eigenvalue weighted by Gasteiger charge is 2.33. The van der Waals surface area contributed by atoms with Crippen LogP contribution in [0.15, 0.2) is 0 Å². The molecule has 2 rings (SSSR count). The number of nitrogens with zero attached hydrogens (tertiary/aromatic N) is 3. The van der Waals surface area contributed by atoms with Gasteiger partial charge in [0.15, 0.2) is 0 Å². The second-order valence-corrected chi connectivity index (χ2v) is 5.86. The molecule has 19 heavy (non-hydrogen) atoms. The van der Waals surface area contributed by atoms with Gasteiger partial charge in [0.1, 0.15) is 5.82 Å². The van der Waals surface area contributed by atoms with Gasteiger partial charge < -0.3 is 10.0 Å². The van der Waals surface area contributed by atoms with Crippen LogP contribution in [-0.4, -0.2) is 28.0 Å². The molecule has 108 valence electrons. The highest BCUT2D eigenvalue weighted by molar-refractivity contribution is 5.50. The van der Waals surface area contributed by atoms with Crippen molar-refractivity contribution in [2.24, 2.45) is 12.5 Å². The summed E-state index contributed by atoms with van der Waals surface area (Å²) in [5.74, 6) is 1.11. The van der Waals surface area contributed by atoms with Crippen molar-refractivity contribution in [2.45, 2.75) is 53.1 Å². The molecular weight excluding hydrogens is 238 g/mol. The molecule has 1 aliphatic rings. The van der Waals surface area contributed by atoms with Crippen molar-refractivity contribution < 1.29 is 5.11 Å². The number of aliphatic hydroxyl groups excluding tert-OH is 1. The summed E-state index contributed by atoms with van der Waals surface area (Å²) in [6.45, 7) is 8.83. The Balaban J connectivity index is 2.18. The van der Waals surface area contributed by atoms with Gasteiger partial charge in [0.05, 0.1) is 12.3 Å². The smallest absolute Gasteiger partial charge is 0.132 e. The summed E-state index contributed by atoms with van der Waals surface area (Å²) in [6.07, 6.45) is 5.04. The van der Waals surface area contributed by atoms with E-state index >= 15 is 0 Å². The summed E-state index contributed by atoms with van der Waals surface area (Å²) in [6, 6.07) is 0. The van der Waals surface area contributed by atoms with Gasteiger partial charge in [-0.3, -0.25) is 4.68 Å². The van der Waals surface area contributed by atoms with E-state index in [1.807, 2.05) is 18.7 Å². The third-order valence-corrected chi connectivity index (χ3v) is 5.09. The second-order valence-electron chi connectivity index (χ2n) is 5.86. The van der Waals surface area contributed by atoms with Gasteiger partial charge in [0.25, 0.3) is 0 Å². The predicted molar refractivity (Wildman–Crippen MR) is 78.3 cm³/mol. The number of aromatic nitrogens is 2. The fraction of sp³-hybridized carbons (Fsp3) is 0.800. The number of rotatable bonds is 4. The zero-order chi connectivity index (χ0) is 14.0. The van der Waals surface area contributed by atoms with Crippen molar-refractivity contribution in [1.29, 1.82) is 0 Å². The van der Waals surface area contributed by atoms with Gasteiger partial charge in [-0.2, -0.15) is 5.10 Å². The lowest BCUT2D eigenvalue weighted by molar-refractivity contribution is 0.198. The molecule has 1 N–H and O–H groups in total. The number of aliphatic hydroxyl groups is 1. The van der Waals surface area contributed by atoms with Crippen LogP contribution in [0, 0.1) is 12.3 Å². The summed E-state index contributed by atoms with van der Waals surface area (Å²) in [5.41, 5.74) is 2.47. The molecule has 1 aliphatic heterocycles. The Morgan fingerprint density at radius 1 is 1.21 bits per heavy atom. The van der Waals surface area contributed by atoms with E-state index in [-0.39, 0.29) is 6.61 Å². The molecule has 4 heteroatoms. The molecule has 1 aromatic heterocycles. The van der Waals surface area contributed by atoms with E-state index in [1.165, 1.54) is 25.7 Å². The fourth-order valence-electron chi connectivity index (χ4n) is 3.42. The molecule has 0 saturated carbocycles. The summed E-state index contributed by atoms with van der Waals surface area (Å²) in [7, 11) is 1.98. The first-order chi connectivity index (χ1) is 9.06. The largest absolute Gasteiger partial charge is 0.391 e. The quantitative estimate of drug-likeness (QED) is 0.910. The maximum Gasteiger partial charge on any atom is 0.132 e. The monoisotopic (exact) mass is 265 g/mol. The molecule has 0 amide bonds. The molecule has 0 spiro atoms. The van der Waals surface area contributed by atoms with Crippen LogP contribution >= 0.6 is 0 Å². The van der Waals surface area contributed by atoms with E-state index < -0.39 is 0 Å². The molecule has 0 bridgehead atoms. The third kappa shape index (κ3) is 2.50. The van der Waals surface area contributed by atoms with Gasteiger partial charge >= 0.3 is 0 Å². The molecule has 1 saturated heterocycles. The van der Waals surface area contributed by atoms with Crippen molar-refractivity contribution in [1.82, 2.24) is 9.78 Å². The number of anilines is 1. The first kappa shape index (κ1) is 14.4. The molecule has 0 radical (unpaired) electrons. The summed E-state index contributed by atoms with van der Waals surface area (Å²) >= 11 is 0. The van der Waals surface area contributed by atoms with Crippen LogP contribution in [0.2, 0.25) is 0 Å². The summed E-state index contributed by atoms with van der Waals surface area (Å²) < 4.78 is 1.92. The van der Waals surface area contributed by atoms with Gasteiger partial charge in [0.2, 0.25) is 0 Å². The predicted octanol–water partition coefficient (Wildman–Crippen LogP) is 2.63. The van der Waals surface area contributed by atoms with Crippen LogP contribution in [0.3, 0.4) is 0 Å². The first-order valence-corrected chi connectivity index (χ1v) is 7.45. The molecule has 2 heterocycles. The van der Waals surface area contributed by atoms with Crippen LogP contribution in [0.1, 0.15) is 50.8 Å². The average molecular weight is 265 g/mol. The molecular formula is C15H27N3O. The zero-order valence-corrected chi connectivity index (χ0v) is 12.7. The molecule has 0 unspecified atom stereocenters. The van der Waals surface area contributed by atoms with Crippen molar-refractivity contribution in [2.75, 3.05) is 18.0 Å². The summed E-state index contributed by atoms with van der Waals surface area (Å²) in [4.78, 5) is 2.40. The average Bonchev–Trinajstić information content (AvgIpc) is 2.73. The van der Waals surface area contributed by atoms with Crippen LogP contribution in [0.25, 0.3) is 0 Å². The molecule has 1 aromatic rings. The Morgan fingerprint density at radius 2 is 1.79 bits per heavy atom. The Hall–Kier alpha value is -1.03. The van der Waals surface area contributed by atoms with E-state index in [4.69, 9.17) is 0 Å². The highest BCUT2D eigenvalue weighted by atomic mass is 16.3. The van der Waals surface area contributed by atoms with E-state index in [1.54, 1.807) is 0 Å². The Bertz CT molecular complexity index is 425. The van der Waals surface area contributed by atoms with Crippen molar-refractivity contribution in [3.63, 3.8) is 0 Å². The lowest BCUT2D eigenvalue weighted by atomic mass is 9.74. The van der Waals surface area contributed by atoms with Crippen LogP contribution in [0.5, 0.6) is 0 Å². The number of hydrogen-bond acceptors (Lipinski definition) is 3. The van der Waals surface area contributed by atoms with Crippen molar-refractivity contribution in [3.05, 3.63) is 11.3 Å². The van der Waals surface area contributed by atoms with Crippen LogP contribution < -0.4 is 4.90 Å². The molecule has 4 nitrogen and oxygen atoms in total. The van der Waals surface area contributed by atoms with Gasteiger partial charge in [-0.15, -0.1) is 0 Å². The number of piperidine rings is 1. The van der Waals surface area contributed by atoms with E-state index in [0.29, 0.717) is 5.41 Å². The van der Waals surface area contributed by atoms with E-state index in [9.17, 15) is 5.11 Å². The third-order valence-electron chi connectivity index (χ3n) is 5.09. The molecule has 0 aliphatic carbocycles. The molecule has 0 atom stereocenters. The minimum Gasteiger partial charge on any atom is -0.391 e.